The second kappa shape index (κ2) is 1.80. The summed E-state index contributed by atoms with van der Waals surface area (Å²) < 4.78 is 0. The maximum absolute atomic E-state index is 8.84. The second-order valence-electron chi connectivity index (χ2n) is 1.94. The highest BCUT2D eigenvalue weighted by atomic mass is 16.3. The fourth-order valence-corrected chi connectivity index (χ4v) is 0.794. The van der Waals surface area contributed by atoms with Crippen LogP contribution in [0.25, 0.3) is 0 Å². The average molecular weight is 100 g/mol. The highest BCUT2D eigenvalue weighted by molar-refractivity contribution is 4.80. The normalized spacial score (nSPS) is 26.6. The molecular formula is C5H10NO. The van der Waals surface area contributed by atoms with Gasteiger partial charge >= 0.3 is 0 Å². The Hall–Kier alpha value is -0.0800. The molecule has 1 fully saturated rings. The molecule has 0 atom stereocenters. The van der Waals surface area contributed by atoms with Crippen molar-refractivity contribution in [2.45, 2.75) is 12.8 Å². The van der Waals surface area contributed by atoms with E-state index in [0.717, 1.165) is 19.4 Å². The van der Waals surface area contributed by atoms with Crippen molar-refractivity contribution < 1.29 is 5.11 Å². The van der Waals surface area contributed by atoms with Crippen LogP contribution in [0.15, 0.2) is 0 Å². The Kier molecular flexibility index (Phi) is 1.30. The van der Waals surface area contributed by atoms with Crippen molar-refractivity contribution in [1.29, 1.82) is 0 Å². The van der Waals surface area contributed by atoms with Gasteiger partial charge in [0.1, 0.15) is 0 Å². The summed E-state index contributed by atoms with van der Waals surface area (Å²) in [5.74, 6) is 0. The van der Waals surface area contributed by atoms with Crippen molar-refractivity contribution in [2.24, 2.45) is 0 Å². The van der Waals surface area contributed by atoms with Crippen LogP contribution in [-0.4, -0.2) is 23.6 Å². The Morgan fingerprint density at radius 1 is 1.71 bits per heavy atom. The van der Waals surface area contributed by atoms with Crippen molar-refractivity contribution in [3.8, 4) is 0 Å². The minimum absolute atomic E-state index is 0.542. The van der Waals surface area contributed by atoms with Gasteiger partial charge in [0.15, 0.2) is 6.23 Å². The molecule has 0 spiro atoms. The number of hydrogen-bond donors (Lipinski definition) is 1. The van der Waals surface area contributed by atoms with E-state index < -0.39 is 0 Å². The Morgan fingerprint density at radius 2 is 2.43 bits per heavy atom. The third-order valence-corrected chi connectivity index (χ3v) is 1.33. The van der Waals surface area contributed by atoms with Gasteiger partial charge in [-0.3, -0.25) is 4.90 Å². The van der Waals surface area contributed by atoms with Gasteiger partial charge in [-0.2, -0.15) is 0 Å². The summed E-state index contributed by atoms with van der Waals surface area (Å²) in [5.41, 5.74) is 0. The molecular weight excluding hydrogens is 90.1 g/mol. The molecule has 7 heavy (non-hydrogen) atoms. The summed E-state index contributed by atoms with van der Waals surface area (Å²) in [6, 6.07) is 0. The molecule has 1 radical (unpaired) electrons. The zero-order chi connectivity index (χ0) is 5.28. The van der Waals surface area contributed by atoms with Gasteiger partial charge in [0, 0.05) is 6.54 Å². The number of likely N-dealkylation sites (tertiary alicyclic amines) is 1. The molecule has 1 heterocycles. The van der Waals surface area contributed by atoms with Gasteiger partial charge in [-0.05, 0) is 19.9 Å². The van der Waals surface area contributed by atoms with Crippen LogP contribution in [0.4, 0.5) is 0 Å². The molecule has 0 aliphatic carbocycles. The van der Waals surface area contributed by atoms with E-state index in [9.17, 15) is 0 Å². The molecule has 0 aromatic carbocycles. The second-order valence-corrected chi connectivity index (χ2v) is 1.94. The van der Waals surface area contributed by atoms with Gasteiger partial charge in [0.05, 0.1) is 0 Å². The first-order valence-electron chi connectivity index (χ1n) is 2.56. The lowest BCUT2D eigenvalue weighted by Crippen LogP contribution is -2.16. The Morgan fingerprint density at radius 3 is 2.57 bits per heavy atom. The Bertz CT molecular complexity index is 57.1. The lowest BCUT2D eigenvalue weighted by Gasteiger charge is -2.09. The maximum Gasteiger partial charge on any atom is 0.161 e. The molecule has 0 amide bonds. The molecule has 1 rings (SSSR count). The number of aliphatic hydroxyl groups excluding tert-OH is 1. The van der Waals surface area contributed by atoms with Gasteiger partial charge < -0.3 is 5.11 Å². The van der Waals surface area contributed by atoms with Crippen molar-refractivity contribution in [3.63, 3.8) is 0 Å². The summed E-state index contributed by atoms with van der Waals surface area (Å²) in [7, 11) is 1.91. The van der Waals surface area contributed by atoms with E-state index in [-0.39, 0.29) is 0 Å². The van der Waals surface area contributed by atoms with E-state index in [2.05, 4.69) is 0 Å². The van der Waals surface area contributed by atoms with E-state index in [0.29, 0.717) is 6.23 Å². The van der Waals surface area contributed by atoms with Gasteiger partial charge in [-0.25, -0.2) is 0 Å². The van der Waals surface area contributed by atoms with Crippen LogP contribution in [0.3, 0.4) is 0 Å². The minimum atomic E-state index is 0.542. The highest BCUT2D eigenvalue weighted by Crippen LogP contribution is 2.17. The first kappa shape index (κ1) is 5.06. The number of hydrogen-bond acceptors (Lipinski definition) is 2. The zero-order valence-corrected chi connectivity index (χ0v) is 4.52. The molecule has 0 aromatic heterocycles. The number of nitrogens with zero attached hydrogens (tertiary/aromatic N) is 1. The monoisotopic (exact) mass is 100 g/mol. The first-order valence-corrected chi connectivity index (χ1v) is 2.56. The summed E-state index contributed by atoms with van der Waals surface area (Å²) in [6.45, 7) is 1.02. The van der Waals surface area contributed by atoms with Crippen LogP contribution in [0.1, 0.15) is 12.8 Å². The van der Waals surface area contributed by atoms with E-state index in [4.69, 9.17) is 5.11 Å². The van der Waals surface area contributed by atoms with Crippen molar-refractivity contribution in [3.05, 3.63) is 6.23 Å². The zero-order valence-electron chi connectivity index (χ0n) is 4.52. The maximum atomic E-state index is 8.84. The Labute approximate surface area is 43.7 Å². The SMILES string of the molecule is CN1CCC[C]1O. The average Bonchev–Trinajstić information content (AvgIpc) is 1.91. The summed E-state index contributed by atoms with van der Waals surface area (Å²) in [5, 5.41) is 8.84. The smallest absolute Gasteiger partial charge is 0.161 e. The van der Waals surface area contributed by atoms with Crippen LogP contribution in [-0.2, 0) is 0 Å². The topological polar surface area (TPSA) is 23.5 Å². The van der Waals surface area contributed by atoms with Crippen LogP contribution >= 0.6 is 0 Å². The fraction of sp³-hybridized carbons (Fsp3) is 0.800. The first-order chi connectivity index (χ1) is 3.30. The summed E-state index contributed by atoms with van der Waals surface area (Å²) >= 11 is 0. The van der Waals surface area contributed by atoms with Crippen molar-refractivity contribution in [2.75, 3.05) is 13.6 Å². The lowest BCUT2D eigenvalue weighted by atomic mass is 10.4. The fourth-order valence-electron chi connectivity index (χ4n) is 0.794. The van der Waals surface area contributed by atoms with Crippen molar-refractivity contribution in [1.82, 2.24) is 4.90 Å². The van der Waals surface area contributed by atoms with E-state index >= 15 is 0 Å². The van der Waals surface area contributed by atoms with Crippen LogP contribution in [0.2, 0.25) is 0 Å². The van der Waals surface area contributed by atoms with Crippen molar-refractivity contribution >= 4 is 0 Å². The quantitative estimate of drug-likeness (QED) is 0.481. The summed E-state index contributed by atoms with van der Waals surface area (Å²) in [4.78, 5) is 1.88. The van der Waals surface area contributed by atoms with Crippen LogP contribution in [0, 0.1) is 6.23 Å². The van der Waals surface area contributed by atoms with Crippen LogP contribution in [0.5, 0.6) is 0 Å². The van der Waals surface area contributed by atoms with Gasteiger partial charge in [0.25, 0.3) is 0 Å². The standard InChI is InChI=1S/C5H10NO/c1-6-4-2-3-5(6)7/h7H,2-4H2,1H3. The molecule has 1 saturated heterocycles. The third-order valence-electron chi connectivity index (χ3n) is 1.33. The van der Waals surface area contributed by atoms with E-state index in [1.54, 1.807) is 0 Å². The summed E-state index contributed by atoms with van der Waals surface area (Å²) in [6.07, 6.45) is 2.53. The van der Waals surface area contributed by atoms with Gasteiger partial charge in [-0.15, -0.1) is 0 Å². The molecule has 1 aliphatic heterocycles. The molecule has 0 aromatic rings. The molecule has 1 aliphatic rings. The predicted octanol–water partition coefficient (Wildman–Crippen LogP) is 0.574. The van der Waals surface area contributed by atoms with E-state index in [1.807, 2.05) is 11.9 Å². The third kappa shape index (κ3) is 0.924. The molecule has 0 saturated carbocycles. The highest BCUT2D eigenvalue weighted by Gasteiger charge is 2.17. The minimum Gasteiger partial charge on any atom is -0.371 e. The molecule has 0 bridgehead atoms. The molecule has 1 N–H and O–H groups in total. The van der Waals surface area contributed by atoms with Gasteiger partial charge in [-0.1, -0.05) is 0 Å². The largest absolute Gasteiger partial charge is 0.371 e. The number of rotatable bonds is 0. The predicted molar refractivity (Wildman–Crippen MR) is 27.0 cm³/mol. The molecule has 0 unspecified atom stereocenters. The number of aliphatic hydroxyl groups is 1. The van der Waals surface area contributed by atoms with Gasteiger partial charge in [0.2, 0.25) is 0 Å². The van der Waals surface area contributed by atoms with E-state index in [1.165, 1.54) is 0 Å². The molecule has 41 valence electrons. The van der Waals surface area contributed by atoms with Crippen LogP contribution < -0.4 is 0 Å². The lowest BCUT2D eigenvalue weighted by molar-refractivity contribution is 0.170. The molecule has 2 nitrogen and oxygen atoms in total. The Balaban J connectivity index is 2.33. The molecule has 2 heteroatoms.